The van der Waals surface area contributed by atoms with Crippen molar-refractivity contribution in [3.8, 4) is 5.75 Å². The second kappa shape index (κ2) is 6.28. The number of anilines is 1. The fourth-order valence-corrected chi connectivity index (χ4v) is 2.79. The number of carbonyl (C=O) groups is 1. The van der Waals surface area contributed by atoms with Gasteiger partial charge in [-0.05, 0) is 24.6 Å². The standard InChI is InChI=1S/C18H18FNO3/c1-12-2-4-13(5-3-12)10-20-15(9-18(21)22)11-23-17-8-14(19)6-7-16(17)20/h2-8,15H,9-11H2,1H3,(H,21,22). The minimum Gasteiger partial charge on any atom is -0.489 e. The zero-order valence-electron chi connectivity index (χ0n) is 12.8. The minimum absolute atomic E-state index is 0.0251. The Morgan fingerprint density at radius 1 is 1.30 bits per heavy atom. The van der Waals surface area contributed by atoms with Crippen LogP contribution >= 0.6 is 0 Å². The zero-order chi connectivity index (χ0) is 16.4. The van der Waals surface area contributed by atoms with Crippen LogP contribution in [0.25, 0.3) is 0 Å². The predicted octanol–water partition coefficient (Wildman–Crippen LogP) is 3.38. The SMILES string of the molecule is Cc1ccc(CN2c3ccc(F)cc3OCC2CC(=O)O)cc1. The van der Waals surface area contributed by atoms with Gasteiger partial charge in [0, 0.05) is 12.6 Å². The summed E-state index contributed by atoms with van der Waals surface area (Å²) in [6.45, 7) is 2.80. The molecule has 1 heterocycles. The molecule has 0 amide bonds. The third-order valence-electron chi connectivity index (χ3n) is 3.99. The molecule has 0 spiro atoms. The zero-order valence-corrected chi connectivity index (χ0v) is 12.8. The Morgan fingerprint density at radius 2 is 2.04 bits per heavy atom. The number of halogens is 1. The number of fused-ring (bicyclic) bond motifs is 1. The highest BCUT2D eigenvalue weighted by molar-refractivity contribution is 5.70. The van der Waals surface area contributed by atoms with E-state index in [9.17, 15) is 9.18 Å². The Bertz CT molecular complexity index is 715. The highest BCUT2D eigenvalue weighted by Gasteiger charge is 2.29. The molecule has 0 aromatic heterocycles. The second-order valence-electron chi connectivity index (χ2n) is 5.79. The summed E-state index contributed by atoms with van der Waals surface area (Å²) in [6.07, 6.45) is -0.0251. The van der Waals surface area contributed by atoms with Gasteiger partial charge < -0.3 is 14.7 Å². The van der Waals surface area contributed by atoms with Crippen LogP contribution in [-0.4, -0.2) is 23.7 Å². The lowest BCUT2D eigenvalue weighted by atomic mass is 10.1. The molecule has 23 heavy (non-hydrogen) atoms. The van der Waals surface area contributed by atoms with E-state index in [2.05, 4.69) is 0 Å². The van der Waals surface area contributed by atoms with Gasteiger partial charge in [-0.15, -0.1) is 0 Å². The Morgan fingerprint density at radius 3 is 2.74 bits per heavy atom. The molecule has 2 aromatic rings. The Balaban J connectivity index is 1.93. The van der Waals surface area contributed by atoms with Crippen molar-refractivity contribution in [2.45, 2.75) is 25.9 Å². The topological polar surface area (TPSA) is 49.8 Å². The van der Waals surface area contributed by atoms with E-state index in [0.717, 1.165) is 11.3 Å². The van der Waals surface area contributed by atoms with Gasteiger partial charge in [0.2, 0.25) is 0 Å². The van der Waals surface area contributed by atoms with Gasteiger partial charge >= 0.3 is 5.97 Å². The lowest BCUT2D eigenvalue weighted by Crippen LogP contribution is -2.44. The third kappa shape index (κ3) is 3.44. The van der Waals surface area contributed by atoms with Crippen LogP contribution in [0.1, 0.15) is 17.5 Å². The molecule has 0 saturated carbocycles. The van der Waals surface area contributed by atoms with Crippen molar-refractivity contribution in [2.75, 3.05) is 11.5 Å². The summed E-state index contributed by atoms with van der Waals surface area (Å²) in [6, 6.07) is 12.2. The molecule has 5 heteroatoms. The van der Waals surface area contributed by atoms with Crippen molar-refractivity contribution in [1.29, 1.82) is 0 Å². The van der Waals surface area contributed by atoms with Gasteiger partial charge in [-0.1, -0.05) is 29.8 Å². The Labute approximate surface area is 134 Å². The van der Waals surface area contributed by atoms with E-state index in [1.54, 1.807) is 6.07 Å². The number of carboxylic acids is 1. The molecular weight excluding hydrogens is 297 g/mol. The first-order chi connectivity index (χ1) is 11.0. The highest BCUT2D eigenvalue weighted by atomic mass is 19.1. The number of rotatable bonds is 4. The van der Waals surface area contributed by atoms with Crippen molar-refractivity contribution < 1.29 is 19.0 Å². The molecule has 1 unspecified atom stereocenters. The molecule has 120 valence electrons. The van der Waals surface area contributed by atoms with E-state index in [4.69, 9.17) is 9.84 Å². The summed E-state index contributed by atoms with van der Waals surface area (Å²) < 4.78 is 19.0. The van der Waals surface area contributed by atoms with Crippen molar-refractivity contribution in [2.24, 2.45) is 0 Å². The first-order valence-electron chi connectivity index (χ1n) is 7.49. The smallest absolute Gasteiger partial charge is 0.305 e. The monoisotopic (exact) mass is 315 g/mol. The van der Waals surface area contributed by atoms with Crippen LogP contribution in [0.2, 0.25) is 0 Å². The maximum Gasteiger partial charge on any atom is 0.305 e. The van der Waals surface area contributed by atoms with Crippen LogP contribution in [-0.2, 0) is 11.3 Å². The molecule has 0 aliphatic carbocycles. The van der Waals surface area contributed by atoms with Crippen molar-refractivity contribution in [3.63, 3.8) is 0 Å². The molecule has 1 N–H and O–H groups in total. The van der Waals surface area contributed by atoms with Crippen molar-refractivity contribution in [1.82, 2.24) is 0 Å². The molecule has 1 aliphatic heterocycles. The average Bonchev–Trinajstić information content (AvgIpc) is 2.51. The quantitative estimate of drug-likeness (QED) is 0.940. The maximum atomic E-state index is 13.4. The molecule has 1 aliphatic rings. The van der Waals surface area contributed by atoms with E-state index < -0.39 is 5.97 Å². The average molecular weight is 315 g/mol. The van der Waals surface area contributed by atoms with Crippen LogP contribution in [0.3, 0.4) is 0 Å². The Hall–Kier alpha value is -2.56. The summed E-state index contributed by atoms with van der Waals surface area (Å²) >= 11 is 0. The fourth-order valence-electron chi connectivity index (χ4n) is 2.79. The first-order valence-corrected chi connectivity index (χ1v) is 7.49. The van der Waals surface area contributed by atoms with Gasteiger partial charge in [-0.25, -0.2) is 4.39 Å². The molecule has 4 nitrogen and oxygen atoms in total. The van der Waals surface area contributed by atoms with Crippen LogP contribution in [0.5, 0.6) is 5.75 Å². The molecular formula is C18H18FNO3. The van der Waals surface area contributed by atoms with Crippen LogP contribution < -0.4 is 9.64 Å². The molecule has 0 bridgehead atoms. The largest absolute Gasteiger partial charge is 0.489 e. The van der Waals surface area contributed by atoms with Gasteiger partial charge in [0.1, 0.15) is 18.2 Å². The number of benzene rings is 2. The molecule has 0 radical (unpaired) electrons. The summed E-state index contributed by atoms with van der Waals surface area (Å²) in [5.41, 5.74) is 2.97. The number of aryl methyl sites for hydroxylation is 1. The summed E-state index contributed by atoms with van der Waals surface area (Å²) in [4.78, 5) is 13.1. The lowest BCUT2D eigenvalue weighted by Gasteiger charge is -2.38. The van der Waals surface area contributed by atoms with Gasteiger partial charge in [-0.3, -0.25) is 4.79 Å². The van der Waals surface area contributed by atoms with Gasteiger partial charge in [0.25, 0.3) is 0 Å². The van der Waals surface area contributed by atoms with Crippen LogP contribution in [0, 0.1) is 12.7 Å². The molecule has 2 aromatic carbocycles. The van der Waals surface area contributed by atoms with Crippen molar-refractivity contribution >= 4 is 11.7 Å². The summed E-state index contributed by atoms with van der Waals surface area (Å²) in [5.74, 6) is -0.785. The predicted molar refractivity (Wildman–Crippen MR) is 85.3 cm³/mol. The minimum atomic E-state index is -0.877. The molecule has 3 rings (SSSR count). The number of ether oxygens (including phenoxy) is 1. The number of aliphatic carboxylic acids is 1. The number of nitrogens with zero attached hydrogens (tertiary/aromatic N) is 1. The van der Waals surface area contributed by atoms with E-state index in [1.165, 1.54) is 17.7 Å². The van der Waals surface area contributed by atoms with Crippen molar-refractivity contribution in [3.05, 3.63) is 59.4 Å². The maximum absolute atomic E-state index is 13.4. The van der Waals surface area contributed by atoms with E-state index >= 15 is 0 Å². The highest BCUT2D eigenvalue weighted by Crippen LogP contribution is 2.36. The van der Waals surface area contributed by atoms with Gasteiger partial charge in [0.05, 0.1) is 18.2 Å². The molecule has 1 atom stereocenters. The second-order valence-corrected chi connectivity index (χ2v) is 5.79. The third-order valence-corrected chi connectivity index (χ3v) is 3.99. The summed E-state index contributed by atoms with van der Waals surface area (Å²) in [5, 5.41) is 9.14. The number of carboxylic acid groups (broad SMARTS) is 1. The lowest BCUT2D eigenvalue weighted by molar-refractivity contribution is -0.137. The Kier molecular flexibility index (Phi) is 4.19. The van der Waals surface area contributed by atoms with Gasteiger partial charge in [-0.2, -0.15) is 0 Å². The number of hydrogen-bond donors (Lipinski definition) is 1. The summed E-state index contributed by atoms with van der Waals surface area (Å²) in [7, 11) is 0. The molecule has 0 fully saturated rings. The normalized spacial score (nSPS) is 16.6. The fraction of sp³-hybridized carbons (Fsp3) is 0.278. The first kappa shape index (κ1) is 15.3. The molecule has 0 saturated heterocycles. The van der Waals surface area contributed by atoms with E-state index in [0.29, 0.717) is 12.3 Å². The van der Waals surface area contributed by atoms with Crippen LogP contribution in [0.4, 0.5) is 10.1 Å². The van der Waals surface area contributed by atoms with E-state index in [-0.39, 0.29) is 24.9 Å². The van der Waals surface area contributed by atoms with Crippen LogP contribution in [0.15, 0.2) is 42.5 Å². The van der Waals surface area contributed by atoms with E-state index in [1.807, 2.05) is 36.1 Å². The number of hydrogen-bond acceptors (Lipinski definition) is 3. The van der Waals surface area contributed by atoms with Gasteiger partial charge in [0.15, 0.2) is 0 Å².